The molecular formula is C19H24FN5O2. The molecule has 7 nitrogen and oxygen atoms in total. The van der Waals surface area contributed by atoms with Crippen molar-refractivity contribution >= 4 is 17.6 Å². The van der Waals surface area contributed by atoms with Crippen LogP contribution in [0.1, 0.15) is 18.1 Å². The van der Waals surface area contributed by atoms with Crippen molar-refractivity contribution in [3.63, 3.8) is 0 Å². The number of anilines is 1. The van der Waals surface area contributed by atoms with Gasteiger partial charge in [-0.2, -0.15) is 0 Å². The van der Waals surface area contributed by atoms with Crippen LogP contribution < -0.4 is 21.7 Å². The quantitative estimate of drug-likeness (QED) is 0.546. The van der Waals surface area contributed by atoms with Gasteiger partial charge in [-0.3, -0.25) is 9.59 Å². The second kappa shape index (κ2) is 9.63. The molecule has 27 heavy (non-hydrogen) atoms. The third-order valence-corrected chi connectivity index (χ3v) is 4.13. The second-order valence-electron chi connectivity index (χ2n) is 6.21. The summed E-state index contributed by atoms with van der Waals surface area (Å²) >= 11 is 0. The summed E-state index contributed by atoms with van der Waals surface area (Å²) in [6.45, 7) is 1.95. The zero-order valence-electron chi connectivity index (χ0n) is 15.3. The molecule has 0 saturated carbocycles. The Kier molecular flexibility index (Phi) is 7.25. The molecule has 2 amide bonds. The highest BCUT2D eigenvalue weighted by atomic mass is 19.1. The highest BCUT2D eigenvalue weighted by molar-refractivity contribution is 5.89. The van der Waals surface area contributed by atoms with Crippen LogP contribution in [0.5, 0.6) is 0 Å². The third-order valence-electron chi connectivity index (χ3n) is 4.13. The van der Waals surface area contributed by atoms with Gasteiger partial charge in [-0.05, 0) is 43.3 Å². The molecule has 0 bridgehead atoms. The van der Waals surface area contributed by atoms with Crippen molar-refractivity contribution in [2.45, 2.75) is 32.0 Å². The number of carbonyl (C=O) groups is 2. The van der Waals surface area contributed by atoms with Gasteiger partial charge in [-0.1, -0.05) is 18.2 Å². The maximum atomic E-state index is 13.1. The molecule has 0 unspecified atom stereocenters. The van der Waals surface area contributed by atoms with Gasteiger partial charge in [0, 0.05) is 19.2 Å². The maximum Gasteiger partial charge on any atom is 0.243 e. The van der Waals surface area contributed by atoms with E-state index in [1.165, 1.54) is 12.1 Å². The number of rotatable bonds is 8. The Bertz CT molecular complexity index is 765. The SMILES string of the molecule is CN[C@@H](C)C(=O)N[C@H](Cc1ccc(F)cc1)C(=O)NCc1ccc(N)nc1. The fraction of sp³-hybridized carbons (Fsp3) is 0.316. The molecule has 2 atom stereocenters. The molecule has 5 N–H and O–H groups in total. The largest absolute Gasteiger partial charge is 0.384 e. The minimum absolute atomic E-state index is 0.244. The van der Waals surface area contributed by atoms with E-state index in [0.29, 0.717) is 5.82 Å². The van der Waals surface area contributed by atoms with Crippen molar-refractivity contribution in [2.24, 2.45) is 0 Å². The highest BCUT2D eigenvalue weighted by Crippen LogP contribution is 2.07. The first-order valence-electron chi connectivity index (χ1n) is 8.59. The van der Waals surface area contributed by atoms with Crippen LogP contribution in [-0.4, -0.2) is 35.9 Å². The number of hydrogen-bond donors (Lipinski definition) is 4. The molecule has 0 aliphatic heterocycles. The van der Waals surface area contributed by atoms with Crippen LogP contribution in [0.15, 0.2) is 42.6 Å². The maximum absolute atomic E-state index is 13.1. The minimum Gasteiger partial charge on any atom is -0.384 e. The number of nitrogens with two attached hydrogens (primary N) is 1. The number of nitrogens with one attached hydrogen (secondary N) is 3. The van der Waals surface area contributed by atoms with E-state index in [9.17, 15) is 14.0 Å². The van der Waals surface area contributed by atoms with Crippen LogP contribution >= 0.6 is 0 Å². The first-order valence-corrected chi connectivity index (χ1v) is 8.59. The molecule has 8 heteroatoms. The fourth-order valence-corrected chi connectivity index (χ4v) is 2.35. The minimum atomic E-state index is -0.791. The number of halogens is 1. The summed E-state index contributed by atoms with van der Waals surface area (Å²) in [6, 6.07) is 7.99. The lowest BCUT2D eigenvalue weighted by Crippen LogP contribution is -2.52. The van der Waals surface area contributed by atoms with Crippen molar-refractivity contribution in [2.75, 3.05) is 12.8 Å². The van der Waals surface area contributed by atoms with E-state index >= 15 is 0 Å². The van der Waals surface area contributed by atoms with Gasteiger partial charge < -0.3 is 21.7 Å². The zero-order valence-corrected chi connectivity index (χ0v) is 15.3. The van der Waals surface area contributed by atoms with E-state index in [4.69, 9.17) is 5.73 Å². The van der Waals surface area contributed by atoms with Crippen molar-refractivity contribution < 1.29 is 14.0 Å². The van der Waals surface area contributed by atoms with Gasteiger partial charge in [0.15, 0.2) is 0 Å². The van der Waals surface area contributed by atoms with Crippen molar-refractivity contribution in [3.8, 4) is 0 Å². The first-order chi connectivity index (χ1) is 12.9. The van der Waals surface area contributed by atoms with E-state index in [0.717, 1.165) is 11.1 Å². The van der Waals surface area contributed by atoms with Crippen LogP contribution in [0, 0.1) is 5.82 Å². The van der Waals surface area contributed by atoms with Crippen LogP contribution in [-0.2, 0) is 22.6 Å². The molecule has 0 radical (unpaired) electrons. The summed E-state index contributed by atoms with van der Waals surface area (Å²) in [5.41, 5.74) is 7.07. The van der Waals surface area contributed by atoms with Gasteiger partial charge in [0.1, 0.15) is 17.7 Å². The number of amides is 2. The number of pyridine rings is 1. The van der Waals surface area contributed by atoms with Crippen molar-refractivity contribution in [3.05, 3.63) is 59.5 Å². The summed E-state index contributed by atoms with van der Waals surface area (Å²) < 4.78 is 13.1. The van der Waals surface area contributed by atoms with Crippen LogP contribution in [0.2, 0.25) is 0 Å². The Hall–Kier alpha value is -3.00. The molecule has 144 valence electrons. The predicted octanol–water partition coefficient (Wildman–Crippen LogP) is 0.755. The monoisotopic (exact) mass is 373 g/mol. The Morgan fingerprint density at radius 2 is 1.78 bits per heavy atom. The summed E-state index contributed by atoms with van der Waals surface area (Å²) in [5.74, 6) is -0.599. The molecule has 1 aromatic carbocycles. The van der Waals surface area contributed by atoms with E-state index in [2.05, 4.69) is 20.9 Å². The molecule has 0 aliphatic rings. The number of aromatic nitrogens is 1. The number of hydrogen-bond acceptors (Lipinski definition) is 5. The molecule has 0 saturated heterocycles. The normalized spacial score (nSPS) is 12.9. The van der Waals surface area contributed by atoms with E-state index in [-0.39, 0.29) is 30.6 Å². The van der Waals surface area contributed by atoms with Crippen LogP contribution in [0.3, 0.4) is 0 Å². The van der Waals surface area contributed by atoms with Gasteiger partial charge in [0.05, 0.1) is 6.04 Å². The van der Waals surface area contributed by atoms with Crippen molar-refractivity contribution in [1.29, 1.82) is 0 Å². The smallest absolute Gasteiger partial charge is 0.243 e. The molecule has 1 heterocycles. The highest BCUT2D eigenvalue weighted by Gasteiger charge is 2.23. The molecule has 2 rings (SSSR count). The van der Waals surface area contributed by atoms with E-state index in [1.807, 2.05) is 0 Å². The molecule has 0 spiro atoms. The van der Waals surface area contributed by atoms with E-state index in [1.54, 1.807) is 44.4 Å². The number of nitrogen functional groups attached to an aromatic ring is 1. The number of nitrogens with zero attached hydrogens (tertiary/aromatic N) is 1. The lowest BCUT2D eigenvalue weighted by molar-refractivity contribution is -0.129. The molecule has 1 aromatic heterocycles. The molecule has 0 fully saturated rings. The summed E-state index contributed by atoms with van der Waals surface area (Å²) in [4.78, 5) is 28.8. The lowest BCUT2D eigenvalue weighted by atomic mass is 10.0. The Labute approximate surface area is 157 Å². The van der Waals surface area contributed by atoms with Gasteiger partial charge in [0.25, 0.3) is 0 Å². The summed E-state index contributed by atoms with van der Waals surface area (Å²) in [5, 5.41) is 8.35. The van der Waals surface area contributed by atoms with E-state index < -0.39 is 12.1 Å². The van der Waals surface area contributed by atoms with Gasteiger partial charge in [-0.15, -0.1) is 0 Å². The molecular weight excluding hydrogens is 349 g/mol. The average Bonchev–Trinajstić information content (AvgIpc) is 2.67. The van der Waals surface area contributed by atoms with Crippen LogP contribution in [0.4, 0.5) is 10.2 Å². The fourth-order valence-electron chi connectivity index (χ4n) is 2.35. The number of likely N-dealkylation sites (N-methyl/N-ethyl adjacent to an activating group) is 1. The Morgan fingerprint density at radius 1 is 1.11 bits per heavy atom. The molecule has 0 aliphatic carbocycles. The zero-order chi connectivity index (χ0) is 19.8. The predicted molar refractivity (Wildman–Crippen MR) is 101 cm³/mol. The third kappa shape index (κ3) is 6.34. The molecule has 2 aromatic rings. The number of carbonyl (C=O) groups excluding carboxylic acids is 2. The van der Waals surface area contributed by atoms with Gasteiger partial charge >= 0.3 is 0 Å². The Balaban J connectivity index is 2.06. The van der Waals surface area contributed by atoms with Crippen molar-refractivity contribution in [1.82, 2.24) is 20.9 Å². The average molecular weight is 373 g/mol. The van der Waals surface area contributed by atoms with Crippen LogP contribution in [0.25, 0.3) is 0 Å². The topological polar surface area (TPSA) is 109 Å². The Morgan fingerprint density at radius 3 is 2.37 bits per heavy atom. The standard InChI is InChI=1S/C19H24FN5O2/c1-12(22-2)18(26)25-16(9-13-3-6-15(20)7-4-13)19(27)24-11-14-5-8-17(21)23-10-14/h3-8,10,12,16,22H,9,11H2,1-2H3,(H2,21,23)(H,24,27)(H,25,26)/t12-,16+/m0/s1. The first kappa shape index (κ1) is 20.3. The van der Waals surface area contributed by atoms with Gasteiger partial charge in [0.2, 0.25) is 11.8 Å². The number of benzene rings is 1. The summed E-state index contributed by atoms with van der Waals surface area (Å²) in [7, 11) is 1.66. The lowest BCUT2D eigenvalue weighted by Gasteiger charge is -2.21. The second-order valence-corrected chi connectivity index (χ2v) is 6.21. The van der Waals surface area contributed by atoms with Gasteiger partial charge in [-0.25, -0.2) is 9.37 Å². The summed E-state index contributed by atoms with van der Waals surface area (Å²) in [6.07, 6.45) is 1.82.